The lowest BCUT2D eigenvalue weighted by Gasteiger charge is -2.01. The first kappa shape index (κ1) is 13.5. The minimum Gasteiger partial charge on any atom is -0.507 e. The summed E-state index contributed by atoms with van der Waals surface area (Å²) in [7, 11) is 0. The number of hydrogen-bond donors (Lipinski definition) is 2. The second kappa shape index (κ2) is 6.89. The number of allylic oxidation sites excluding steroid dienone is 1. The minimum absolute atomic E-state index is 0.0694. The molecule has 4 nitrogen and oxygen atoms in total. The van der Waals surface area contributed by atoms with E-state index in [4.69, 9.17) is 0 Å². The minimum atomic E-state index is -0.451. The molecule has 0 unspecified atom stereocenters. The molecule has 2 aromatic carbocycles. The Bertz CT molecular complexity index is 634. The van der Waals surface area contributed by atoms with Crippen LogP contribution in [0.4, 0.5) is 0 Å². The molecule has 2 N–H and O–H groups in total. The Kier molecular flexibility index (Phi) is 4.67. The zero-order chi connectivity index (χ0) is 14.2. The number of para-hydroxylation sites is 1. The summed E-state index contributed by atoms with van der Waals surface area (Å²) in [6, 6.07) is 16.1. The maximum absolute atomic E-state index is 11.7. The van der Waals surface area contributed by atoms with Crippen molar-refractivity contribution in [3.63, 3.8) is 0 Å². The van der Waals surface area contributed by atoms with Crippen molar-refractivity contribution in [1.29, 1.82) is 0 Å². The average Bonchev–Trinajstić information content (AvgIpc) is 2.48. The molecule has 2 aromatic rings. The van der Waals surface area contributed by atoms with E-state index in [1.165, 1.54) is 18.3 Å². The molecular weight excluding hydrogens is 252 g/mol. The average molecular weight is 266 g/mol. The van der Waals surface area contributed by atoms with Gasteiger partial charge >= 0.3 is 0 Å². The SMILES string of the molecule is O=C(N/N=C\C=C/c1ccccc1)c1ccccc1O. The third-order valence-corrected chi connectivity index (χ3v) is 2.56. The van der Waals surface area contributed by atoms with E-state index in [0.717, 1.165) is 5.56 Å². The van der Waals surface area contributed by atoms with E-state index in [2.05, 4.69) is 10.5 Å². The van der Waals surface area contributed by atoms with E-state index in [1.54, 1.807) is 18.2 Å². The first-order chi connectivity index (χ1) is 9.77. The van der Waals surface area contributed by atoms with Gasteiger partial charge in [0.1, 0.15) is 5.75 Å². The summed E-state index contributed by atoms with van der Waals surface area (Å²) < 4.78 is 0. The summed E-state index contributed by atoms with van der Waals surface area (Å²) in [5.74, 6) is -0.521. The highest BCUT2D eigenvalue weighted by atomic mass is 16.3. The number of phenols is 1. The van der Waals surface area contributed by atoms with Gasteiger partial charge in [-0.3, -0.25) is 4.79 Å². The lowest BCUT2D eigenvalue weighted by atomic mass is 10.2. The predicted octanol–water partition coefficient (Wildman–Crippen LogP) is 2.82. The van der Waals surface area contributed by atoms with Gasteiger partial charge in [-0.1, -0.05) is 48.5 Å². The van der Waals surface area contributed by atoms with E-state index < -0.39 is 5.91 Å². The van der Waals surface area contributed by atoms with Gasteiger partial charge in [0.15, 0.2) is 0 Å². The van der Waals surface area contributed by atoms with E-state index in [9.17, 15) is 9.90 Å². The van der Waals surface area contributed by atoms with Crippen molar-refractivity contribution in [1.82, 2.24) is 5.43 Å². The molecule has 2 rings (SSSR count). The standard InChI is InChI=1S/C16H14N2O2/c19-15-11-5-4-10-14(15)16(20)18-17-12-6-9-13-7-2-1-3-8-13/h1-12,19H,(H,18,20)/b9-6-,17-12-. The number of carbonyl (C=O) groups excluding carboxylic acids is 1. The van der Waals surface area contributed by atoms with Crippen molar-refractivity contribution in [2.24, 2.45) is 5.10 Å². The Morgan fingerprint density at radius 2 is 1.75 bits per heavy atom. The van der Waals surface area contributed by atoms with E-state index in [0.29, 0.717) is 0 Å². The molecule has 1 amide bonds. The van der Waals surface area contributed by atoms with Crippen molar-refractivity contribution >= 4 is 18.2 Å². The predicted molar refractivity (Wildman–Crippen MR) is 79.5 cm³/mol. The highest BCUT2D eigenvalue weighted by Crippen LogP contribution is 2.14. The van der Waals surface area contributed by atoms with Gasteiger partial charge in [-0.2, -0.15) is 5.10 Å². The number of aromatic hydroxyl groups is 1. The first-order valence-electron chi connectivity index (χ1n) is 6.10. The number of hydrazone groups is 1. The van der Waals surface area contributed by atoms with Crippen molar-refractivity contribution < 1.29 is 9.90 Å². The molecule has 0 aromatic heterocycles. The normalized spacial score (nSPS) is 11.0. The molecule has 0 aliphatic carbocycles. The van der Waals surface area contributed by atoms with Gasteiger partial charge in [-0.05, 0) is 23.8 Å². The van der Waals surface area contributed by atoms with E-state index >= 15 is 0 Å². The first-order valence-corrected chi connectivity index (χ1v) is 6.10. The Morgan fingerprint density at radius 1 is 1.05 bits per heavy atom. The van der Waals surface area contributed by atoms with Crippen LogP contribution in [0, 0.1) is 0 Å². The maximum Gasteiger partial charge on any atom is 0.275 e. The van der Waals surface area contributed by atoms with Crippen LogP contribution in [0.3, 0.4) is 0 Å². The molecule has 0 saturated carbocycles. The topological polar surface area (TPSA) is 61.7 Å². The molecule has 0 saturated heterocycles. The number of rotatable bonds is 4. The van der Waals surface area contributed by atoms with Crippen LogP contribution in [0.15, 0.2) is 65.8 Å². The molecule has 0 spiro atoms. The summed E-state index contributed by atoms with van der Waals surface area (Å²) in [5, 5.41) is 13.3. The van der Waals surface area contributed by atoms with Gasteiger partial charge in [0, 0.05) is 6.21 Å². The molecule has 0 fully saturated rings. The van der Waals surface area contributed by atoms with Gasteiger partial charge in [-0.25, -0.2) is 5.43 Å². The van der Waals surface area contributed by atoms with Crippen LogP contribution in [-0.4, -0.2) is 17.2 Å². The quantitative estimate of drug-likeness (QED) is 0.660. The Balaban J connectivity index is 1.89. The second-order valence-corrected chi connectivity index (χ2v) is 4.01. The summed E-state index contributed by atoms with van der Waals surface area (Å²) >= 11 is 0. The molecular formula is C16H14N2O2. The molecule has 20 heavy (non-hydrogen) atoms. The third kappa shape index (κ3) is 3.81. The van der Waals surface area contributed by atoms with E-state index in [-0.39, 0.29) is 11.3 Å². The number of carbonyl (C=O) groups is 1. The fourth-order valence-electron chi connectivity index (χ4n) is 1.58. The van der Waals surface area contributed by atoms with Crippen molar-refractivity contribution in [3.05, 3.63) is 71.8 Å². The van der Waals surface area contributed by atoms with Crippen LogP contribution in [0.25, 0.3) is 6.08 Å². The number of phenolic OH excluding ortho intramolecular Hbond substituents is 1. The summed E-state index contributed by atoms with van der Waals surface area (Å²) in [6.07, 6.45) is 5.07. The molecule has 0 atom stereocenters. The molecule has 0 radical (unpaired) electrons. The monoisotopic (exact) mass is 266 g/mol. The Morgan fingerprint density at radius 3 is 2.50 bits per heavy atom. The lowest BCUT2D eigenvalue weighted by molar-refractivity contribution is 0.0952. The van der Waals surface area contributed by atoms with Crippen LogP contribution in [-0.2, 0) is 0 Å². The van der Waals surface area contributed by atoms with Crippen LogP contribution in [0.5, 0.6) is 5.75 Å². The van der Waals surface area contributed by atoms with Crippen molar-refractivity contribution in [3.8, 4) is 5.75 Å². The van der Waals surface area contributed by atoms with Gasteiger partial charge in [0.25, 0.3) is 5.91 Å². The smallest absolute Gasteiger partial charge is 0.275 e. The van der Waals surface area contributed by atoms with Crippen molar-refractivity contribution in [2.45, 2.75) is 0 Å². The molecule has 4 heteroatoms. The van der Waals surface area contributed by atoms with Gasteiger partial charge in [-0.15, -0.1) is 0 Å². The fraction of sp³-hybridized carbons (Fsp3) is 0. The number of nitrogens with one attached hydrogen (secondary N) is 1. The highest BCUT2D eigenvalue weighted by molar-refractivity contribution is 5.97. The van der Waals surface area contributed by atoms with Gasteiger partial charge in [0.05, 0.1) is 5.56 Å². The maximum atomic E-state index is 11.7. The Hall–Kier alpha value is -2.88. The van der Waals surface area contributed by atoms with Gasteiger partial charge in [0.2, 0.25) is 0 Å². The number of benzene rings is 2. The summed E-state index contributed by atoms with van der Waals surface area (Å²) in [6.45, 7) is 0. The lowest BCUT2D eigenvalue weighted by Crippen LogP contribution is -2.17. The third-order valence-electron chi connectivity index (χ3n) is 2.56. The van der Waals surface area contributed by atoms with Crippen LogP contribution >= 0.6 is 0 Å². The van der Waals surface area contributed by atoms with Crippen LogP contribution in [0.2, 0.25) is 0 Å². The van der Waals surface area contributed by atoms with Crippen molar-refractivity contribution in [2.75, 3.05) is 0 Å². The number of amides is 1. The van der Waals surface area contributed by atoms with Gasteiger partial charge < -0.3 is 5.11 Å². The second-order valence-electron chi connectivity index (χ2n) is 4.01. The number of nitrogens with zero attached hydrogens (tertiary/aromatic N) is 1. The van der Waals surface area contributed by atoms with Crippen LogP contribution < -0.4 is 5.43 Å². The molecule has 0 aliphatic heterocycles. The van der Waals surface area contributed by atoms with Crippen LogP contribution in [0.1, 0.15) is 15.9 Å². The molecule has 0 heterocycles. The summed E-state index contributed by atoms with van der Waals surface area (Å²) in [4.78, 5) is 11.7. The molecule has 100 valence electrons. The molecule has 0 aliphatic rings. The zero-order valence-corrected chi connectivity index (χ0v) is 10.7. The zero-order valence-electron chi connectivity index (χ0n) is 10.7. The fourth-order valence-corrected chi connectivity index (χ4v) is 1.58. The number of hydrogen-bond acceptors (Lipinski definition) is 3. The largest absolute Gasteiger partial charge is 0.507 e. The molecule has 0 bridgehead atoms. The Labute approximate surface area is 117 Å². The highest BCUT2D eigenvalue weighted by Gasteiger charge is 2.07. The van der Waals surface area contributed by atoms with E-state index in [1.807, 2.05) is 36.4 Å². The summed E-state index contributed by atoms with van der Waals surface area (Å²) in [5.41, 5.74) is 3.58.